The number of aliphatic hydroxyl groups excluding tert-OH is 1. The summed E-state index contributed by atoms with van der Waals surface area (Å²) >= 11 is 0. The van der Waals surface area contributed by atoms with Gasteiger partial charge in [0, 0.05) is 17.3 Å². The first-order valence-electron chi connectivity index (χ1n) is 12.5. The van der Waals surface area contributed by atoms with Crippen molar-refractivity contribution in [3.05, 3.63) is 113 Å². The van der Waals surface area contributed by atoms with Gasteiger partial charge in [-0.3, -0.25) is 14.5 Å². The Hall–Kier alpha value is -4.98. The van der Waals surface area contributed by atoms with Crippen molar-refractivity contribution in [2.45, 2.75) is 19.6 Å². The second-order valence-electron chi connectivity index (χ2n) is 9.27. The molecule has 0 spiro atoms. The van der Waals surface area contributed by atoms with E-state index in [1.807, 2.05) is 37.3 Å². The van der Waals surface area contributed by atoms with Crippen LogP contribution in [0.4, 0.5) is 5.69 Å². The molecule has 1 saturated heterocycles. The zero-order valence-electron chi connectivity index (χ0n) is 21.1. The molecule has 39 heavy (non-hydrogen) atoms. The van der Waals surface area contributed by atoms with Crippen molar-refractivity contribution < 1.29 is 33.3 Å². The van der Waals surface area contributed by atoms with Gasteiger partial charge >= 0.3 is 0 Å². The summed E-state index contributed by atoms with van der Waals surface area (Å²) in [5, 5.41) is 11.4. The molecule has 0 aliphatic carbocycles. The summed E-state index contributed by atoms with van der Waals surface area (Å²) in [7, 11) is 0. The molecule has 1 atom stereocenters. The smallest absolute Gasteiger partial charge is 0.300 e. The number of ketones is 1. The second kappa shape index (κ2) is 10.1. The maximum Gasteiger partial charge on any atom is 0.300 e. The highest BCUT2D eigenvalue weighted by atomic mass is 16.6. The van der Waals surface area contributed by atoms with Crippen LogP contribution in [-0.4, -0.2) is 30.0 Å². The van der Waals surface area contributed by atoms with Crippen LogP contribution in [0.15, 0.2) is 95.1 Å². The number of benzene rings is 3. The Morgan fingerprint density at radius 2 is 1.74 bits per heavy atom. The Labute approximate surface area is 224 Å². The van der Waals surface area contributed by atoms with E-state index in [1.165, 1.54) is 11.2 Å². The molecule has 2 aliphatic heterocycles. The lowest BCUT2D eigenvalue weighted by molar-refractivity contribution is -0.132. The van der Waals surface area contributed by atoms with Gasteiger partial charge in [0.2, 0.25) is 0 Å². The lowest BCUT2D eigenvalue weighted by atomic mass is 9.98. The van der Waals surface area contributed by atoms with Gasteiger partial charge in [-0.1, -0.05) is 30.3 Å². The van der Waals surface area contributed by atoms with Gasteiger partial charge in [0.15, 0.2) is 11.5 Å². The molecule has 1 fully saturated rings. The lowest BCUT2D eigenvalue weighted by Crippen LogP contribution is -2.29. The number of hydrogen-bond acceptors (Lipinski definition) is 7. The molecule has 8 heteroatoms. The van der Waals surface area contributed by atoms with Crippen molar-refractivity contribution >= 4 is 23.1 Å². The quantitative estimate of drug-likeness (QED) is 0.201. The highest BCUT2D eigenvalue weighted by Gasteiger charge is 2.48. The Kier molecular flexibility index (Phi) is 6.28. The topological polar surface area (TPSA) is 98.4 Å². The van der Waals surface area contributed by atoms with Gasteiger partial charge in [-0.2, -0.15) is 0 Å². The standard InChI is InChI=1S/C31H25NO7/c1-19-16-21(9-11-23(19)39-18-20-6-3-2-4-7-20)29(33)27-28(25-8-5-13-36-25)32(31(35)30(27)34)22-10-12-24-26(17-22)38-15-14-37-24/h2-13,16-17,28,33H,14-15,18H2,1H3/b29-27-. The van der Waals surface area contributed by atoms with Crippen LogP contribution in [0.1, 0.15) is 28.5 Å². The average molecular weight is 524 g/mol. The summed E-state index contributed by atoms with van der Waals surface area (Å²) in [6.07, 6.45) is 1.46. The van der Waals surface area contributed by atoms with Gasteiger partial charge in [0.25, 0.3) is 11.7 Å². The van der Waals surface area contributed by atoms with Gasteiger partial charge in [-0.25, -0.2) is 0 Å². The van der Waals surface area contributed by atoms with E-state index >= 15 is 0 Å². The van der Waals surface area contributed by atoms with E-state index < -0.39 is 17.7 Å². The number of aryl methyl sites for hydroxylation is 1. The van der Waals surface area contributed by atoms with Crippen molar-refractivity contribution in [2.75, 3.05) is 18.1 Å². The summed E-state index contributed by atoms with van der Waals surface area (Å²) in [4.78, 5) is 28.1. The lowest BCUT2D eigenvalue weighted by Gasteiger charge is -2.25. The van der Waals surface area contributed by atoms with Crippen molar-refractivity contribution in [3.8, 4) is 17.2 Å². The number of Topliss-reactive ketones (excluding diaryl/α,β-unsaturated/α-hetero) is 1. The molecule has 1 N–H and O–H groups in total. The van der Waals surface area contributed by atoms with E-state index in [0.717, 1.165) is 11.1 Å². The zero-order valence-corrected chi connectivity index (χ0v) is 21.1. The number of carbonyl (C=O) groups excluding carboxylic acids is 2. The molecule has 0 bridgehead atoms. The van der Waals surface area contributed by atoms with Crippen molar-refractivity contribution in [3.63, 3.8) is 0 Å². The normalized spacial score (nSPS) is 17.9. The zero-order chi connectivity index (χ0) is 26.9. The molecular formula is C31H25NO7. The molecule has 2 aliphatic rings. The van der Waals surface area contributed by atoms with E-state index in [-0.39, 0.29) is 11.3 Å². The minimum Gasteiger partial charge on any atom is -0.507 e. The van der Waals surface area contributed by atoms with Crippen LogP contribution in [0.3, 0.4) is 0 Å². The molecule has 3 heterocycles. The summed E-state index contributed by atoms with van der Waals surface area (Å²) in [6, 6.07) is 22.3. The van der Waals surface area contributed by atoms with E-state index in [0.29, 0.717) is 54.1 Å². The molecule has 1 unspecified atom stereocenters. The van der Waals surface area contributed by atoms with Gasteiger partial charge in [-0.05, 0) is 60.5 Å². The predicted molar refractivity (Wildman–Crippen MR) is 143 cm³/mol. The van der Waals surface area contributed by atoms with Crippen LogP contribution >= 0.6 is 0 Å². The van der Waals surface area contributed by atoms with Crippen LogP contribution in [0.25, 0.3) is 5.76 Å². The average Bonchev–Trinajstić information content (AvgIpc) is 3.59. The number of ether oxygens (including phenoxy) is 3. The number of carbonyl (C=O) groups is 2. The fourth-order valence-electron chi connectivity index (χ4n) is 4.85. The first-order valence-corrected chi connectivity index (χ1v) is 12.5. The van der Waals surface area contributed by atoms with E-state index in [1.54, 1.807) is 48.5 Å². The number of fused-ring (bicyclic) bond motifs is 1. The van der Waals surface area contributed by atoms with Gasteiger partial charge < -0.3 is 23.7 Å². The minimum absolute atomic E-state index is 0.0674. The second-order valence-corrected chi connectivity index (χ2v) is 9.27. The van der Waals surface area contributed by atoms with Crippen LogP contribution in [0, 0.1) is 6.92 Å². The first-order chi connectivity index (χ1) is 19.0. The number of hydrogen-bond donors (Lipinski definition) is 1. The number of nitrogens with zero attached hydrogens (tertiary/aromatic N) is 1. The summed E-state index contributed by atoms with van der Waals surface area (Å²) in [5.41, 5.74) is 2.54. The van der Waals surface area contributed by atoms with Gasteiger partial charge in [-0.15, -0.1) is 0 Å². The number of anilines is 1. The third-order valence-electron chi connectivity index (χ3n) is 6.75. The molecule has 6 rings (SSSR count). The molecule has 8 nitrogen and oxygen atoms in total. The Morgan fingerprint density at radius 3 is 2.49 bits per heavy atom. The van der Waals surface area contributed by atoms with Crippen LogP contribution in [-0.2, 0) is 16.2 Å². The van der Waals surface area contributed by atoms with Crippen LogP contribution in [0.5, 0.6) is 17.2 Å². The van der Waals surface area contributed by atoms with E-state index in [2.05, 4.69) is 0 Å². The molecule has 3 aromatic carbocycles. The molecule has 0 saturated carbocycles. The first kappa shape index (κ1) is 24.4. The van der Waals surface area contributed by atoms with Crippen LogP contribution in [0.2, 0.25) is 0 Å². The molecule has 4 aromatic rings. The Balaban J connectivity index is 1.37. The highest BCUT2D eigenvalue weighted by Crippen LogP contribution is 2.44. The third-order valence-corrected chi connectivity index (χ3v) is 6.75. The summed E-state index contributed by atoms with van der Waals surface area (Å²) in [6.45, 7) is 3.06. The van der Waals surface area contributed by atoms with Gasteiger partial charge in [0.1, 0.15) is 43.1 Å². The SMILES string of the molecule is Cc1cc(/C(O)=C2/C(=O)C(=O)N(c3ccc4c(c3)OCCO4)C2c2ccco2)ccc1OCc1ccccc1. The molecule has 0 radical (unpaired) electrons. The van der Waals surface area contributed by atoms with E-state index in [4.69, 9.17) is 18.6 Å². The van der Waals surface area contributed by atoms with Gasteiger partial charge in [0.05, 0.1) is 11.8 Å². The Bertz CT molecular complexity index is 1570. The molecule has 1 aromatic heterocycles. The molecule has 196 valence electrons. The number of furan rings is 1. The fourth-order valence-corrected chi connectivity index (χ4v) is 4.85. The fraction of sp³-hybridized carbons (Fsp3) is 0.161. The molecular weight excluding hydrogens is 498 g/mol. The van der Waals surface area contributed by atoms with Crippen LogP contribution < -0.4 is 19.1 Å². The summed E-state index contributed by atoms with van der Waals surface area (Å²) in [5.74, 6) is 0.120. The highest BCUT2D eigenvalue weighted by molar-refractivity contribution is 6.51. The molecule has 1 amide bonds. The number of amides is 1. The Morgan fingerprint density at radius 1 is 0.949 bits per heavy atom. The maximum atomic E-state index is 13.4. The predicted octanol–water partition coefficient (Wildman–Crippen LogP) is 5.56. The summed E-state index contributed by atoms with van der Waals surface area (Å²) < 4.78 is 22.9. The van der Waals surface area contributed by atoms with Crippen molar-refractivity contribution in [1.82, 2.24) is 0 Å². The maximum absolute atomic E-state index is 13.4. The largest absolute Gasteiger partial charge is 0.507 e. The van der Waals surface area contributed by atoms with Crippen molar-refractivity contribution in [1.29, 1.82) is 0 Å². The number of rotatable bonds is 6. The third kappa shape index (κ3) is 4.50. The van der Waals surface area contributed by atoms with Crippen molar-refractivity contribution in [2.24, 2.45) is 0 Å². The monoisotopic (exact) mass is 523 g/mol. The van der Waals surface area contributed by atoms with E-state index in [9.17, 15) is 14.7 Å². The minimum atomic E-state index is -0.975. The number of aliphatic hydroxyl groups is 1.